The standard InChI is InChI=1S/C20H30N2O6Se.C14H19NO5.C6H13NO2Se.ClH/c1-20(2,3)28-19(26)22-16(12-13-6-8-14(23)9-7-13)17(24)21-15(10-11-29-5)18(25)27-4;1-14(2,3)20-13(19)15-11(12(17)18)8-9-4-6-10(16)7-5-9;1-9-6(8)5(7)3-4-10-2;/h6-9,15-16,23H,10-12H2,1-5H3,(H,21,24)(H,22,26);4-7,11,16H,8H2,1-3H3,(H,15,19)(H,17,18);5H,3-4,7H2,1-2H3;1H/t15-,16-;11-;5-;/m000./s1. The van der Waals surface area contributed by atoms with Crippen LogP contribution in [0.3, 0.4) is 0 Å². The molecule has 0 heterocycles. The van der Waals surface area contributed by atoms with E-state index in [0.29, 0.717) is 41.9 Å². The van der Waals surface area contributed by atoms with Gasteiger partial charge in [-0.25, -0.2) is 9.59 Å². The Bertz CT molecular complexity index is 1610. The summed E-state index contributed by atoms with van der Waals surface area (Å²) >= 11 is 0.947. The molecule has 0 aliphatic rings. The molecule has 0 bridgehead atoms. The van der Waals surface area contributed by atoms with Crippen LogP contribution in [0.4, 0.5) is 9.59 Å². The quantitative estimate of drug-likeness (QED) is 0.0658. The number of halogens is 1. The van der Waals surface area contributed by atoms with Gasteiger partial charge in [0.15, 0.2) is 0 Å². The largest absolute Gasteiger partial charge is 0.147 e. The van der Waals surface area contributed by atoms with E-state index in [1.54, 1.807) is 65.8 Å². The fourth-order valence-corrected chi connectivity index (χ4v) is 6.47. The molecular formula is C40H63ClN4O13Se2. The molecule has 0 unspecified atom stereocenters. The van der Waals surface area contributed by atoms with Crippen LogP contribution < -0.4 is 21.7 Å². The summed E-state index contributed by atoms with van der Waals surface area (Å²) in [4.78, 5) is 70.5. The number of carbonyl (C=O) groups is 6. The number of esters is 2. The molecule has 0 aliphatic heterocycles. The van der Waals surface area contributed by atoms with Gasteiger partial charge < -0.3 is 20.3 Å². The molecule has 0 saturated heterocycles. The van der Waals surface area contributed by atoms with E-state index < -0.39 is 65.4 Å². The summed E-state index contributed by atoms with van der Waals surface area (Å²) < 4.78 is 19.5. The molecule has 0 saturated carbocycles. The summed E-state index contributed by atoms with van der Waals surface area (Å²) in [5.74, 6) is 1.87. The molecule has 0 aliphatic carbocycles. The van der Waals surface area contributed by atoms with Crippen LogP contribution >= 0.6 is 12.4 Å². The topological polar surface area (TPSA) is 262 Å². The number of alkyl carbamates (subject to hydrolysis) is 2. The monoisotopic (exact) mass is 1000 g/mol. The van der Waals surface area contributed by atoms with Gasteiger partial charge in [0.25, 0.3) is 0 Å². The first-order valence-corrected chi connectivity index (χ1v) is 24.3. The molecule has 20 heteroatoms. The molecule has 4 atom stereocenters. The van der Waals surface area contributed by atoms with E-state index >= 15 is 0 Å². The van der Waals surface area contributed by atoms with Gasteiger partial charge in [-0.2, -0.15) is 0 Å². The van der Waals surface area contributed by atoms with Crippen molar-refractivity contribution in [3.63, 3.8) is 0 Å². The van der Waals surface area contributed by atoms with Crippen molar-refractivity contribution >= 4 is 78.3 Å². The van der Waals surface area contributed by atoms with Crippen LogP contribution in [0.15, 0.2) is 48.5 Å². The normalized spacial score (nSPS) is 12.7. The number of carboxylic acid groups (broad SMARTS) is 1. The third-order valence-electron chi connectivity index (χ3n) is 7.30. The first-order chi connectivity index (χ1) is 27.4. The summed E-state index contributed by atoms with van der Waals surface area (Å²) in [5, 5.41) is 37.1. The van der Waals surface area contributed by atoms with Crippen LogP contribution in [-0.4, -0.2) is 131 Å². The Morgan fingerprint density at radius 1 is 0.633 bits per heavy atom. The van der Waals surface area contributed by atoms with Gasteiger partial charge in [-0.1, -0.05) is 12.1 Å². The van der Waals surface area contributed by atoms with Crippen LogP contribution in [-0.2, 0) is 51.0 Å². The molecule has 2 aromatic carbocycles. The van der Waals surface area contributed by atoms with E-state index in [1.165, 1.54) is 38.5 Å². The van der Waals surface area contributed by atoms with Gasteiger partial charge in [0.05, 0.1) is 0 Å². The minimum absolute atomic E-state index is 0. The summed E-state index contributed by atoms with van der Waals surface area (Å²) in [6, 6.07) is 9.18. The van der Waals surface area contributed by atoms with Gasteiger partial charge in [-0.15, -0.1) is 12.4 Å². The van der Waals surface area contributed by atoms with E-state index in [2.05, 4.69) is 26.5 Å². The SMILES string of the molecule is CC(C)(C)OC(=O)N[C@@H](Cc1ccc(O)cc1)C(=O)O.COC(=O)[C@@H](N)CC[Se]C.COC(=O)[C@H](CC[Se]C)NC(=O)[C@H](Cc1ccc(O)cc1)NC(=O)OC(C)(C)C.Cl. The van der Waals surface area contributed by atoms with Crippen LogP contribution in [0.5, 0.6) is 11.5 Å². The molecule has 60 heavy (non-hydrogen) atoms. The number of hydrogen-bond donors (Lipinski definition) is 7. The maximum Gasteiger partial charge on any atom is -0.147 e. The number of aromatic hydroxyl groups is 2. The number of carbonyl (C=O) groups excluding carboxylic acids is 5. The third-order valence-corrected chi connectivity index (χ3v) is 10.0. The molecule has 0 radical (unpaired) electrons. The number of nitrogens with one attached hydrogen (secondary N) is 3. The maximum atomic E-state index is 12.9. The number of benzene rings is 2. The molecule has 0 spiro atoms. The first kappa shape index (κ1) is 57.8. The fraction of sp³-hybridized carbons (Fsp3) is 0.550. The van der Waals surface area contributed by atoms with Crippen molar-refractivity contribution in [3.05, 3.63) is 59.7 Å². The molecule has 8 N–H and O–H groups in total. The van der Waals surface area contributed by atoms with Crippen molar-refractivity contribution in [1.82, 2.24) is 16.0 Å². The van der Waals surface area contributed by atoms with Crippen LogP contribution in [0, 0.1) is 0 Å². The zero-order chi connectivity index (χ0) is 45.3. The Morgan fingerprint density at radius 2 is 1.02 bits per heavy atom. The third kappa shape index (κ3) is 27.5. The van der Waals surface area contributed by atoms with Gasteiger partial charge in [0.1, 0.15) is 17.4 Å². The average molecular weight is 1000 g/mol. The Hall–Kier alpha value is -4.25. The number of ether oxygens (including phenoxy) is 4. The van der Waals surface area contributed by atoms with Crippen LogP contribution in [0.2, 0.25) is 22.3 Å². The van der Waals surface area contributed by atoms with Crippen LogP contribution in [0.25, 0.3) is 0 Å². The number of rotatable bonds is 17. The van der Waals surface area contributed by atoms with Gasteiger partial charge in [0.2, 0.25) is 0 Å². The van der Waals surface area contributed by atoms with Gasteiger partial charge in [0, 0.05) is 6.42 Å². The Labute approximate surface area is 371 Å². The molecule has 0 aromatic heterocycles. The van der Waals surface area contributed by atoms with Crippen molar-refractivity contribution in [2.24, 2.45) is 5.73 Å². The van der Waals surface area contributed by atoms with Crippen LogP contribution in [0.1, 0.15) is 65.5 Å². The number of aliphatic carboxylic acids is 1. The van der Waals surface area contributed by atoms with E-state index in [0.717, 1.165) is 22.6 Å². The zero-order valence-electron chi connectivity index (χ0n) is 35.9. The summed E-state index contributed by atoms with van der Waals surface area (Å²) in [6.07, 6.45) is -0.0194. The molecule has 2 aromatic rings. The number of amides is 3. The number of carboxylic acids is 1. The van der Waals surface area contributed by atoms with Crippen molar-refractivity contribution in [2.75, 3.05) is 14.2 Å². The van der Waals surface area contributed by atoms with Gasteiger partial charge >= 0.3 is 257 Å². The summed E-state index contributed by atoms with van der Waals surface area (Å²) in [7, 11) is 2.63. The van der Waals surface area contributed by atoms with Crippen molar-refractivity contribution < 1.29 is 63.0 Å². The van der Waals surface area contributed by atoms with E-state index in [9.17, 15) is 33.9 Å². The zero-order valence-corrected chi connectivity index (χ0v) is 40.1. The van der Waals surface area contributed by atoms with Gasteiger partial charge in [-0.05, 0) is 38.5 Å². The van der Waals surface area contributed by atoms with Crippen molar-refractivity contribution in [2.45, 2.75) is 125 Å². The van der Waals surface area contributed by atoms with E-state index in [-0.39, 0.29) is 42.7 Å². The van der Waals surface area contributed by atoms with E-state index in [1.807, 2.05) is 5.82 Å². The molecule has 2 rings (SSSR count). The molecular weight excluding hydrogens is 938 g/mol. The average Bonchev–Trinajstić information content (AvgIpc) is 3.14. The Balaban J connectivity index is 0. The van der Waals surface area contributed by atoms with Crippen molar-refractivity contribution in [3.8, 4) is 11.5 Å². The number of hydrogen-bond acceptors (Lipinski definition) is 13. The predicted octanol–water partition coefficient (Wildman–Crippen LogP) is 4.43. The maximum absolute atomic E-state index is 12.9. The molecule has 340 valence electrons. The second-order valence-corrected chi connectivity index (χ2v) is 18.9. The van der Waals surface area contributed by atoms with E-state index in [4.69, 9.17) is 30.2 Å². The second-order valence-electron chi connectivity index (χ2n) is 14.8. The number of methoxy groups -OCH3 is 2. The minimum atomic E-state index is -1.15. The van der Waals surface area contributed by atoms with Crippen molar-refractivity contribution in [1.29, 1.82) is 0 Å². The first-order valence-electron chi connectivity index (χ1n) is 18.4. The van der Waals surface area contributed by atoms with Gasteiger partial charge in [-0.3, -0.25) is 0 Å². The number of nitrogens with two attached hydrogens (primary N) is 1. The summed E-state index contributed by atoms with van der Waals surface area (Å²) in [5.41, 5.74) is 5.45. The predicted molar refractivity (Wildman–Crippen MR) is 231 cm³/mol. The number of phenols is 2. The Morgan fingerprint density at radius 3 is 1.38 bits per heavy atom. The minimum Gasteiger partial charge on any atom is -0.147 e. The molecule has 17 nitrogen and oxygen atoms in total. The fourth-order valence-electron chi connectivity index (χ4n) is 4.46. The summed E-state index contributed by atoms with van der Waals surface area (Å²) in [6.45, 7) is 10.3. The molecule has 0 fully saturated rings. The smallest absolute Gasteiger partial charge is 0.147 e. The number of phenolic OH excluding ortho intramolecular Hbond substituents is 2. The molecule has 3 amide bonds. The second kappa shape index (κ2) is 29.9. The Kier molecular flexibility index (Phi) is 28.8.